The second kappa shape index (κ2) is 7.79. The minimum Gasteiger partial charge on any atom is -0.307 e. The van der Waals surface area contributed by atoms with Gasteiger partial charge in [-0.15, -0.1) is 0 Å². The molecule has 1 fully saturated rings. The number of fused-ring (bicyclic) bond motifs is 1. The summed E-state index contributed by atoms with van der Waals surface area (Å²) in [6.07, 6.45) is 5.92. The standard InChI is InChI=1S/C22H21ClN6/c23-17-12-6-4-10-15(17)20-24-19(14-8-2-1-3-9-14)25-22(26-20)27-21-16-11-5-7-13-18(16)28-29-21/h4-7,10-14H,1-3,8-9H2,(H2,24,25,26,27,28,29). The van der Waals surface area contributed by atoms with Gasteiger partial charge in [0.15, 0.2) is 11.6 Å². The van der Waals surface area contributed by atoms with Crippen LogP contribution in [0.5, 0.6) is 0 Å². The summed E-state index contributed by atoms with van der Waals surface area (Å²) < 4.78 is 0. The topological polar surface area (TPSA) is 79.4 Å². The van der Waals surface area contributed by atoms with E-state index in [1.54, 1.807) is 0 Å². The molecule has 0 spiro atoms. The molecule has 0 radical (unpaired) electrons. The average molecular weight is 405 g/mol. The minimum atomic E-state index is 0.351. The van der Waals surface area contributed by atoms with Crippen molar-refractivity contribution in [3.8, 4) is 11.4 Å². The Hall–Kier alpha value is -2.99. The lowest BCUT2D eigenvalue weighted by molar-refractivity contribution is 0.428. The Morgan fingerprint density at radius 3 is 2.55 bits per heavy atom. The molecule has 2 N–H and O–H groups in total. The number of rotatable bonds is 4. The normalized spacial score (nSPS) is 14.9. The van der Waals surface area contributed by atoms with Gasteiger partial charge < -0.3 is 5.32 Å². The molecule has 7 heteroatoms. The fourth-order valence-corrected chi connectivity index (χ4v) is 4.14. The number of hydrogen-bond donors (Lipinski definition) is 2. The van der Waals surface area contributed by atoms with Gasteiger partial charge in [-0.2, -0.15) is 15.1 Å². The van der Waals surface area contributed by atoms with E-state index in [1.807, 2.05) is 48.5 Å². The molecule has 4 aromatic rings. The Balaban J connectivity index is 1.58. The molecule has 0 aliphatic heterocycles. The highest BCUT2D eigenvalue weighted by atomic mass is 35.5. The van der Waals surface area contributed by atoms with Gasteiger partial charge in [-0.3, -0.25) is 5.10 Å². The first-order valence-electron chi connectivity index (χ1n) is 9.99. The molecule has 1 saturated carbocycles. The average Bonchev–Trinajstić information content (AvgIpc) is 3.17. The van der Waals surface area contributed by atoms with Crippen LogP contribution in [0.1, 0.15) is 43.8 Å². The second-order valence-electron chi connectivity index (χ2n) is 7.40. The zero-order valence-electron chi connectivity index (χ0n) is 15.9. The van der Waals surface area contributed by atoms with Crippen molar-refractivity contribution < 1.29 is 0 Å². The van der Waals surface area contributed by atoms with Crippen LogP contribution in [0.4, 0.5) is 11.8 Å². The van der Waals surface area contributed by atoms with Crippen LogP contribution in [0.25, 0.3) is 22.3 Å². The third-order valence-electron chi connectivity index (χ3n) is 5.44. The number of halogens is 1. The van der Waals surface area contributed by atoms with Crippen LogP contribution >= 0.6 is 11.6 Å². The predicted octanol–water partition coefficient (Wildman–Crippen LogP) is 5.86. The monoisotopic (exact) mass is 404 g/mol. The molecule has 2 heterocycles. The molecule has 5 rings (SSSR count). The van der Waals surface area contributed by atoms with Gasteiger partial charge in [0.05, 0.1) is 10.5 Å². The molecule has 6 nitrogen and oxygen atoms in total. The molecule has 1 aliphatic rings. The molecular formula is C22H21ClN6. The van der Waals surface area contributed by atoms with E-state index < -0.39 is 0 Å². The zero-order valence-corrected chi connectivity index (χ0v) is 16.7. The summed E-state index contributed by atoms with van der Waals surface area (Å²) in [5, 5.41) is 12.3. The van der Waals surface area contributed by atoms with Crippen LogP contribution in [0.2, 0.25) is 5.02 Å². The number of para-hydroxylation sites is 1. The lowest BCUT2D eigenvalue weighted by atomic mass is 9.89. The molecule has 29 heavy (non-hydrogen) atoms. The van der Waals surface area contributed by atoms with E-state index in [0.29, 0.717) is 28.5 Å². The van der Waals surface area contributed by atoms with Crippen LogP contribution in [-0.4, -0.2) is 25.1 Å². The van der Waals surface area contributed by atoms with E-state index in [1.165, 1.54) is 19.3 Å². The highest BCUT2D eigenvalue weighted by molar-refractivity contribution is 6.33. The Labute approximate surface area is 173 Å². The lowest BCUT2D eigenvalue weighted by Gasteiger charge is -2.21. The summed E-state index contributed by atoms with van der Waals surface area (Å²) in [4.78, 5) is 14.2. The number of hydrogen-bond acceptors (Lipinski definition) is 5. The van der Waals surface area contributed by atoms with Crippen molar-refractivity contribution in [1.29, 1.82) is 0 Å². The molecule has 0 amide bonds. The van der Waals surface area contributed by atoms with Crippen LogP contribution in [0, 0.1) is 0 Å². The Kier molecular flexibility index (Phi) is 4.86. The minimum absolute atomic E-state index is 0.351. The lowest BCUT2D eigenvalue weighted by Crippen LogP contribution is -2.12. The smallest absolute Gasteiger partial charge is 0.232 e. The van der Waals surface area contributed by atoms with Gasteiger partial charge in [-0.1, -0.05) is 55.1 Å². The second-order valence-corrected chi connectivity index (χ2v) is 7.81. The highest BCUT2D eigenvalue weighted by Gasteiger charge is 2.21. The molecule has 0 unspecified atom stereocenters. The fraction of sp³-hybridized carbons (Fsp3) is 0.273. The van der Waals surface area contributed by atoms with Crippen molar-refractivity contribution in [2.45, 2.75) is 38.0 Å². The number of nitrogens with zero attached hydrogens (tertiary/aromatic N) is 4. The first-order chi connectivity index (χ1) is 14.3. The first-order valence-corrected chi connectivity index (χ1v) is 10.4. The fourth-order valence-electron chi connectivity index (χ4n) is 3.92. The first kappa shape index (κ1) is 18.1. The summed E-state index contributed by atoms with van der Waals surface area (Å²) in [6.45, 7) is 0. The van der Waals surface area contributed by atoms with Gasteiger partial charge in [-0.25, -0.2) is 4.98 Å². The molecule has 0 saturated heterocycles. The number of aromatic nitrogens is 5. The van der Waals surface area contributed by atoms with Crippen LogP contribution in [-0.2, 0) is 0 Å². The number of anilines is 2. The third-order valence-corrected chi connectivity index (χ3v) is 5.77. The van der Waals surface area contributed by atoms with Gasteiger partial charge in [0, 0.05) is 16.9 Å². The zero-order chi connectivity index (χ0) is 19.6. The van der Waals surface area contributed by atoms with Crippen molar-refractivity contribution in [2.24, 2.45) is 0 Å². The Morgan fingerprint density at radius 1 is 0.897 bits per heavy atom. The summed E-state index contributed by atoms with van der Waals surface area (Å²) in [5.74, 6) is 2.97. The molecule has 146 valence electrons. The van der Waals surface area contributed by atoms with E-state index in [0.717, 1.165) is 35.1 Å². The van der Waals surface area contributed by atoms with Crippen LogP contribution < -0.4 is 5.32 Å². The maximum Gasteiger partial charge on any atom is 0.232 e. The molecule has 0 atom stereocenters. The van der Waals surface area contributed by atoms with Crippen molar-refractivity contribution in [1.82, 2.24) is 25.1 Å². The van der Waals surface area contributed by atoms with Gasteiger partial charge in [-0.05, 0) is 37.1 Å². The number of nitrogens with one attached hydrogen (secondary N) is 2. The van der Waals surface area contributed by atoms with E-state index in [-0.39, 0.29) is 0 Å². The van der Waals surface area contributed by atoms with Crippen molar-refractivity contribution in [3.05, 3.63) is 59.4 Å². The van der Waals surface area contributed by atoms with E-state index in [2.05, 4.69) is 20.5 Å². The number of H-pyrrole nitrogens is 1. The van der Waals surface area contributed by atoms with E-state index in [4.69, 9.17) is 21.6 Å². The summed E-state index contributed by atoms with van der Waals surface area (Å²) >= 11 is 6.43. The van der Waals surface area contributed by atoms with Crippen LogP contribution in [0.15, 0.2) is 48.5 Å². The number of aromatic amines is 1. The molecular weight excluding hydrogens is 384 g/mol. The van der Waals surface area contributed by atoms with Crippen molar-refractivity contribution in [2.75, 3.05) is 5.32 Å². The molecule has 1 aliphatic carbocycles. The van der Waals surface area contributed by atoms with Crippen LogP contribution in [0.3, 0.4) is 0 Å². The van der Waals surface area contributed by atoms with Gasteiger partial charge >= 0.3 is 0 Å². The maximum absolute atomic E-state index is 6.43. The molecule has 2 aromatic carbocycles. The summed E-state index contributed by atoms with van der Waals surface area (Å²) in [6, 6.07) is 15.6. The molecule has 2 aromatic heterocycles. The quantitative estimate of drug-likeness (QED) is 0.445. The van der Waals surface area contributed by atoms with Crippen molar-refractivity contribution in [3.63, 3.8) is 0 Å². The van der Waals surface area contributed by atoms with Gasteiger partial charge in [0.2, 0.25) is 5.95 Å². The van der Waals surface area contributed by atoms with Crippen molar-refractivity contribution >= 4 is 34.3 Å². The third kappa shape index (κ3) is 3.68. The largest absolute Gasteiger partial charge is 0.307 e. The van der Waals surface area contributed by atoms with Gasteiger partial charge in [0.1, 0.15) is 5.82 Å². The number of benzene rings is 2. The Bertz CT molecular complexity index is 1150. The van der Waals surface area contributed by atoms with E-state index >= 15 is 0 Å². The highest BCUT2D eigenvalue weighted by Crippen LogP contribution is 2.33. The predicted molar refractivity (Wildman–Crippen MR) is 115 cm³/mol. The SMILES string of the molecule is Clc1ccccc1-c1nc(Nc2n[nH]c3ccccc23)nc(C2CCCCC2)n1. The summed E-state index contributed by atoms with van der Waals surface area (Å²) in [5.41, 5.74) is 1.77. The van der Waals surface area contributed by atoms with E-state index in [9.17, 15) is 0 Å². The van der Waals surface area contributed by atoms with Gasteiger partial charge in [0.25, 0.3) is 0 Å². The Morgan fingerprint density at radius 2 is 1.69 bits per heavy atom. The maximum atomic E-state index is 6.43. The molecule has 0 bridgehead atoms. The summed E-state index contributed by atoms with van der Waals surface area (Å²) in [7, 11) is 0.